The summed E-state index contributed by atoms with van der Waals surface area (Å²) in [6, 6.07) is 10.0. The van der Waals surface area contributed by atoms with Crippen molar-refractivity contribution < 1.29 is 0 Å². The summed E-state index contributed by atoms with van der Waals surface area (Å²) in [6.45, 7) is 0.747. The van der Waals surface area contributed by atoms with Crippen LogP contribution < -0.4 is 5.73 Å². The Morgan fingerprint density at radius 1 is 1.05 bits per heavy atom. The molecule has 20 heavy (non-hydrogen) atoms. The van der Waals surface area contributed by atoms with Crippen molar-refractivity contribution in [2.45, 2.75) is 6.54 Å². The molecule has 0 spiro atoms. The topological polar surface area (TPSA) is 56.7 Å². The lowest BCUT2D eigenvalue weighted by Crippen LogP contribution is -2.02. The fraction of sp³-hybridized carbons (Fsp3) is 0.0667. The summed E-state index contributed by atoms with van der Waals surface area (Å²) in [5, 5.41) is 0. The number of pyridine rings is 1. The lowest BCUT2D eigenvalue weighted by Gasteiger charge is -2.10. The molecule has 0 aliphatic heterocycles. The van der Waals surface area contributed by atoms with Crippen LogP contribution in [-0.2, 0) is 6.54 Å². The normalized spacial score (nSPS) is 10.7. The predicted molar refractivity (Wildman–Crippen MR) is 83.1 cm³/mol. The summed E-state index contributed by atoms with van der Waals surface area (Å²) in [5.41, 5.74) is 9.79. The zero-order valence-corrected chi connectivity index (χ0v) is 12.3. The second-order valence-corrected chi connectivity index (χ2v) is 5.41. The van der Waals surface area contributed by atoms with E-state index >= 15 is 0 Å². The van der Waals surface area contributed by atoms with E-state index in [2.05, 4.69) is 42.6 Å². The molecule has 0 aliphatic rings. The van der Waals surface area contributed by atoms with Crippen LogP contribution in [0.25, 0.3) is 11.3 Å². The Morgan fingerprint density at radius 2 is 1.85 bits per heavy atom. The Balaban J connectivity index is 1.95. The van der Waals surface area contributed by atoms with Gasteiger partial charge in [-0.1, -0.05) is 28.1 Å². The molecule has 1 aromatic carbocycles. The molecule has 0 fully saturated rings. The highest BCUT2D eigenvalue weighted by Gasteiger charge is 2.08. The first-order valence-electron chi connectivity index (χ1n) is 6.18. The van der Waals surface area contributed by atoms with Gasteiger partial charge in [0.15, 0.2) is 0 Å². The molecule has 0 radical (unpaired) electrons. The lowest BCUT2D eigenvalue weighted by molar-refractivity contribution is 0.804. The third kappa shape index (κ3) is 2.58. The number of imidazole rings is 1. The molecule has 0 saturated carbocycles. The number of nitrogen functional groups attached to an aromatic ring is 1. The van der Waals surface area contributed by atoms with Crippen LogP contribution in [0.4, 0.5) is 5.69 Å². The molecule has 0 bridgehead atoms. The Bertz CT molecular complexity index is 719. The van der Waals surface area contributed by atoms with Crippen LogP contribution in [-0.4, -0.2) is 14.5 Å². The van der Waals surface area contributed by atoms with E-state index in [1.165, 1.54) is 5.56 Å². The average Bonchev–Trinajstić information content (AvgIpc) is 2.90. The zero-order valence-electron chi connectivity index (χ0n) is 10.7. The van der Waals surface area contributed by atoms with E-state index in [1.807, 2.05) is 24.7 Å². The predicted octanol–water partition coefficient (Wildman–Crippen LogP) is 3.34. The molecule has 5 heteroatoms. The van der Waals surface area contributed by atoms with Gasteiger partial charge in [0.05, 0.1) is 18.2 Å². The van der Waals surface area contributed by atoms with Gasteiger partial charge in [0.1, 0.15) is 0 Å². The molecule has 2 heterocycles. The van der Waals surface area contributed by atoms with Gasteiger partial charge in [-0.15, -0.1) is 0 Å². The molecular formula is C15H13BrN4. The van der Waals surface area contributed by atoms with Gasteiger partial charge in [-0.3, -0.25) is 4.98 Å². The molecule has 2 N–H and O–H groups in total. The quantitative estimate of drug-likeness (QED) is 0.802. The van der Waals surface area contributed by atoms with E-state index in [0.717, 1.165) is 22.3 Å². The number of nitrogens with two attached hydrogens (primary N) is 1. The minimum atomic E-state index is 0.706. The number of benzene rings is 1. The van der Waals surface area contributed by atoms with Crippen molar-refractivity contribution in [2.75, 3.05) is 5.73 Å². The van der Waals surface area contributed by atoms with Crippen molar-refractivity contribution in [3.8, 4) is 11.3 Å². The van der Waals surface area contributed by atoms with Crippen molar-refractivity contribution in [3.63, 3.8) is 0 Å². The van der Waals surface area contributed by atoms with Crippen molar-refractivity contribution in [1.29, 1.82) is 0 Å². The highest BCUT2D eigenvalue weighted by Crippen LogP contribution is 2.25. The molecule has 100 valence electrons. The number of aromatic nitrogens is 3. The first kappa shape index (κ1) is 12.9. The summed E-state index contributed by atoms with van der Waals surface area (Å²) in [6.07, 6.45) is 7.08. The fourth-order valence-corrected chi connectivity index (χ4v) is 2.34. The summed E-state index contributed by atoms with van der Waals surface area (Å²) < 4.78 is 3.14. The van der Waals surface area contributed by atoms with Crippen LogP contribution in [0.2, 0.25) is 0 Å². The van der Waals surface area contributed by atoms with Gasteiger partial charge in [0.2, 0.25) is 0 Å². The number of rotatable bonds is 3. The maximum Gasteiger partial charge on any atom is 0.0954 e. The van der Waals surface area contributed by atoms with Crippen LogP contribution in [0.5, 0.6) is 0 Å². The van der Waals surface area contributed by atoms with Crippen LogP contribution in [0.15, 0.2) is 59.7 Å². The molecule has 0 amide bonds. The van der Waals surface area contributed by atoms with Gasteiger partial charge in [0, 0.05) is 34.7 Å². The number of hydrogen-bond donors (Lipinski definition) is 1. The second kappa shape index (κ2) is 5.46. The third-order valence-electron chi connectivity index (χ3n) is 3.11. The minimum absolute atomic E-state index is 0.706. The Kier molecular flexibility index (Phi) is 3.52. The highest BCUT2D eigenvalue weighted by molar-refractivity contribution is 9.10. The van der Waals surface area contributed by atoms with Crippen LogP contribution in [0, 0.1) is 0 Å². The second-order valence-electron chi connectivity index (χ2n) is 4.50. The molecule has 0 unspecified atom stereocenters. The van der Waals surface area contributed by atoms with E-state index in [0.29, 0.717) is 5.69 Å². The van der Waals surface area contributed by atoms with Gasteiger partial charge in [-0.2, -0.15) is 0 Å². The number of anilines is 1. The van der Waals surface area contributed by atoms with Crippen LogP contribution in [0.3, 0.4) is 0 Å². The number of nitrogens with zero attached hydrogens (tertiary/aromatic N) is 3. The molecule has 2 aromatic heterocycles. The standard InChI is InChI=1S/C15H13BrN4/c16-12-3-1-11(2-4-12)9-20-10-19-8-15(20)13-7-18-6-5-14(13)17/h1-8,10H,9H2,(H2,17,18). The molecule has 0 aliphatic carbocycles. The van der Waals surface area contributed by atoms with E-state index in [9.17, 15) is 0 Å². The van der Waals surface area contributed by atoms with Crippen LogP contribution >= 0.6 is 15.9 Å². The Labute approximate surface area is 125 Å². The first-order valence-corrected chi connectivity index (χ1v) is 6.98. The maximum atomic E-state index is 6.01. The smallest absolute Gasteiger partial charge is 0.0954 e. The molecule has 3 rings (SSSR count). The van der Waals surface area contributed by atoms with Crippen LogP contribution in [0.1, 0.15) is 5.56 Å². The largest absolute Gasteiger partial charge is 0.398 e. The highest BCUT2D eigenvalue weighted by atomic mass is 79.9. The van der Waals surface area contributed by atoms with Crippen molar-refractivity contribution in [1.82, 2.24) is 14.5 Å². The SMILES string of the molecule is Nc1ccncc1-c1cncn1Cc1ccc(Br)cc1. The van der Waals surface area contributed by atoms with Crippen molar-refractivity contribution in [2.24, 2.45) is 0 Å². The first-order chi connectivity index (χ1) is 9.74. The molecule has 3 aromatic rings. The zero-order chi connectivity index (χ0) is 13.9. The van der Waals surface area contributed by atoms with Crippen molar-refractivity contribution >= 4 is 21.6 Å². The summed E-state index contributed by atoms with van der Waals surface area (Å²) >= 11 is 3.44. The van der Waals surface area contributed by atoms with Gasteiger partial charge >= 0.3 is 0 Å². The Hall–Kier alpha value is -2.14. The molecule has 0 atom stereocenters. The summed E-state index contributed by atoms with van der Waals surface area (Å²) in [7, 11) is 0. The summed E-state index contributed by atoms with van der Waals surface area (Å²) in [4.78, 5) is 8.36. The maximum absolute atomic E-state index is 6.01. The fourth-order valence-electron chi connectivity index (χ4n) is 2.08. The van der Waals surface area contributed by atoms with E-state index in [1.54, 1.807) is 18.5 Å². The van der Waals surface area contributed by atoms with Gasteiger partial charge < -0.3 is 10.3 Å². The lowest BCUT2D eigenvalue weighted by atomic mass is 10.1. The molecule has 4 nitrogen and oxygen atoms in total. The van der Waals surface area contributed by atoms with Crippen molar-refractivity contribution in [3.05, 3.63) is 65.3 Å². The summed E-state index contributed by atoms with van der Waals surface area (Å²) in [5.74, 6) is 0. The molecular weight excluding hydrogens is 316 g/mol. The van der Waals surface area contributed by atoms with Gasteiger partial charge in [0.25, 0.3) is 0 Å². The minimum Gasteiger partial charge on any atom is -0.398 e. The Morgan fingerprint density at radius 3 is 2.60 bits per heavy atom. The van der Waals surface area contributed by atoms with Gasteiger partial charge in [-0.05, 0) is 23.8 Å². The third-order valence-corrected chi connectivity index (χ3v) is 3.64. The van der Waals surface area contributed by atoms with E-state index in [4.69, 9.17) is 5.73 Å². The molecule has 0 saturated heterocycles. The average molecular weight is 329 g/mol. The monoisotopic (exact) mass is 328 g/mol. The van der Waals surface area contributed by atoms with Gasteiger partial charge in [-0.25, -0.2) is 4.98 Å². The number of halogens is 1. The number of hydrogen-bond acceptors (Lipinski definition) is 3. The van der Waals surface area contributed by atoms with E-state index < -0.39 is 0 Å². The van der Waals surface area contributed by atoms with E-state index in [-0.39, 0.29) is 0 Å².